The first-order valence-electron chi connectivity index (χ1n) is 7.30. The van der Waals surface area contributed by atoms with Gasteiger partial charge in [-0.3, -0.25) is 0 Å². The van der Waals surface area contributed by atoms with Gasteiger partial charge in [0.1, 0.15) is 5.82 Å². The number of nitrogen functional groups attached to an aromatic ring is 1. The van der Waals surface area contributed by atoms with E-state index in [1.165, 1.54) is 17.7 Å². The molecule has 0 aromatic carbocycles. The molecule has 21 heavy (non-hydrogen) atoms. The molecule has 1 aliphatic carbocycles. The normalized spacial score (nSPS) is 15.7. The van der Waals surface area contributed by atoms with Crippen LogP contribution >= 0.6 is 11.3 Å². The maximum absolute atomic E-state index is 5.96. The van der Waals surface area contributed by atoms with Crippen LogP contribution in [0.1, 0.15) is 30.7 Å². The minimum Gasteiger partial charge on any atom is -0.476 e. The number of nitrogens with zero attached hydrogens (tertiary/aromatic N) is 2. The first-order valence-corrected chi connectivity index (χ1v) is 8.18. The van der Waals surface area contributed by atoms with Gasteiger partial charge in [0.05, 0.1) is 18.3 Å². The minimum atomic E-state index is 0.275. The predicted molar refractivity (Wildman–Crippen MR) is 88.0 cm³/mol. The van der Waals surface area contributed by atoms with Crippen molar-refractivity contribution >= 4 is 22.8 Å². The molecule has 5 heteroatoms. The molecular weight excluding hydrogens is 282 g/mol. The van der Waals surface area contributed by atoms with E-state index >= 15 is 0 Å². The molecule has 2 aromatic heterocycles. The molecule has 0 spiro atoms. The summed E-state index contributed by atoms with van der Waals surface area (Å²) in [4.78, 5) is 8.05. The van der Waals surface area contributed by atoms with Crippen LogP contribution in [0.2, 0.25) is 0 Å². The Bertz CT molecular complexity index is 596. The van der Waals surface area contributed by atoms with Crippen LogP contribution in [0, 0.1) is 5.92 Å². The van der Waals surface area contributed by atoms with Gasteiger partial charge in [-0.1, -0.05) is 6.07 Å². The van der Waals surface area contributed by atoms with Crippen molar-refractivity contribution in [2.45, 2.75) is 25.8 Å². The fraction of sp³-hybridized carbons (Fsp3) is 0.438. The Morgan fingerprint density at radius 3 is 2.90 bits per heavy atom. The Balaban J connectivity index is 1.75. The van der Waals surface area contributed by atoms with Crippen LogP contribution in [0.25, 0.3) is 0 Å². The van der Waals surface area contributed by atoms with Gasteiger partial charge < -0.3 is 15.4 Å². The summed E-state index contributed by atoms with van der Waals surface area (Å²) in [5.41, 5.74) is 6.57. The zero-order valence-electron chi connectivity index (χ0n) is 12.5. The standard InChI is InChI=1S/C16H21N3OS/c1-11(14-4-3-9-21-14)19(2)15-8-7-13(17)16(18-15)20-10-12-5-6-12/h3-4,7-9,11-12H,5-6,10,17H2,1-2H3. The molecular formula is C16H21N3OS. The molecule has 0 amide bonds. The van der Waals surface area contributed by atoms with Crippen molar-refractivity contribution in [2.75, 3.05) is 24.3 Å². The van der Waals surface area contributed by atoms with Crippen LogP contribution in [-0.4, -0.2) is 18.6 Å². The molecule has 4 nitrogen and oxygen atoms in total. The average Bonchev–Trinajstić information content (AvgIpc) is 3.16. The maximum Gasteiger partial charge on any atom is 0.239 e. The number of hydrogen-bond acceptors (Lipinski definition) is 5. The zero-order valence-corrected chi connectivity index (χ0v) is 13.3. The molecule has 2 N–H and O–H groups in total. The third-order valence-corrected chi connectivity index (χ3v) is 4.97. The van der Waals surface area contributed by atoms with Gasteiger partial charge in [-0.2, -0.15) is 4.98 Å². The monoisotopic (exact) mass is 303 g/mol. The van der Waals surface area contributed by atoms with Crippen LogP contribution in [0.15, 0.2) is 29.6 Å². The highest BCUT2D eigenvalue weighted by atomic mass is 32.1. The smallest absolute Gasteiger partial charge is 0.239 e. The summed E-state index contributed by atoms with van der Waals surface area (Å²) in [7, 11) is 2.05. The molecule has 112 valence electrons. The summed E-state index contributed by atoms with van der Waals surface area (Å²) >= 11 is 1.76. The van der Waals surface area contributed by atoms with Crippen molar-refractivity contribution in [1.29, 1.82) is 0 Å². The van der Waals surface area contributed by atoms with Gasteiger partial charge in [-0.25, -0.2) is 0 Å². The Labute approximate surface area is 129 Å². The predicted octanol–water partition coefficient (Wildman–Crippen LogP) is 3.71. The molecule has 3 rings (SSSR count). The molecule has 0 aliphatic heterocycles. The number of pyridine rings is 1. The number of hydrogen-bond donors (Lipinski definition) is 1. The molecule has 1 fully saturated rings. The fourth-order valence-corrected chi connectivity index (χ4v) is 2.98. The van der Waals surface area contributed by atoms with Crippen LogP contribution in [0.4, 0.5) is 11.5 Å². The van der Waals surface area contributed by atoms with Crippen LogP contribution < -0.4 is 15.4 Å². The Morgan fingerprint density at radius 1 is 1.43 bits per heavy atom. The highest BCUT2D eigenvalue weighted by Crippen LogP contribution is 2.32. The number of nitrogens with two attached hydrogens (primary N) is 1. The van der Waals surface area contributed by atoms with Crippen LogP contribution in [0.3, 0.4) is 0 Å². The van der Waals surface area contributed by atoms with Gasteiger partial charge in [0, 0.05) is 11.9 Å². The molecule has 2 aromatic rings. The summed E-state index contributed by atoms with van der Waals surface area (Å²) in [5.74, 6) is 2.14. The van der Waals surface area contributed by atoms with E-state index in [0.29, 0.717) is 17.5 Å². The zero-order chi connectivity index (χ0) is 14.8. The second-order valence-corrected chi connectivity index (χ2v) is 6.60. The van der Waals surface area contributed by atoms with E-state index in [0.717, 1.165) is 12.4 Å². The van der Waals surface area contributed by atoms with E-state index in [1.54, 1.807) is 11.3 Å². The second kappa shape index (κ2) is 5.93. The largest absolute Gasteiger partial charge is 0.476 e. The summed E-state index contributed by atoms with van der Waals surface area (Å²) in [5, 5.41) is 2.10. The van der Waals surface area contributed by atoms with E-state index in [2.05, 4.69) is 34.3 Å². The van der Waals surface area contributed by atoms with Crippen molar-refractivity contribution in [1.82, 2.24) is 4.98 Å². The summed E-state index contributed by atoms with van der Waals surface area (Å²) in [6, 6.07) is 8.32. The van der Waals surface area contributed by atoms with Crippen LogP contribution in [0.5, 0.6) is 5.88 Å². The average molecular weight is 303 g/mol. The van der Waals surface area contributed by atoms with Crippen molar-refractivity contribution in [2.24, 2.45) is 5.92 Å². The third-order valence-electron chi connectivity index (χ3n) is 3.92. The van der Waals surface area contributed by atoms with Gasteiger partial charge in [0.2, 0.25) is 5.88 Å². The van der Waals surface area contributed by atoms with Crippen molar-refractivity contribution in [3.8, 4) is 5.88 Å². The first-order chi connectivity index (χ1) is 10.1. The quantitative estimate of drug-likeness (QED) is 0.884. The lowest BCUT2D eigenvalue weighted by Gasteiger charge is -2.25. The molecule has 0 bridgehead atoms. The third kappa shape index (κ3) is 3.29. The fourth-order valence-electron chi connectivity index (χ4n) is 2.15. The van der Waals surface area contributed by atoms with Gasteiger partial charge in [-0.05, 0) is 49.3 Å². The second-order valence-electron chi connectivity index (χ2n) is 5.62. The van der Waals surface area contributed by atoms with Gasteiger partial charge in [-0.15, -0.1) is 11.3 Å². The highest BCUT2D eigenvalue weighted by molar-refractivity contribution is 7.10. The molecule has 1 unspecified atom stereocenters. The van der Waals surface area contributed by atoms with Gasteiger partial charge in [0.15, 0.2) is 0 Å². The van der Waals surface area contributed by atoms with E-state index in [9.17, 15) is 0 Å². The van der Waals surface area contributed by atoms with Crippen molar-refractivity contribution in [3.05, 3.63) is 34.5 Å². The minimum absolute atomic E-state index is 0.275. The van der Waals surface area contributed by atoms with E-state index in [4.69, 9.17) is 10.5 Å². The number of aromatic nitrogens is 1. The van der Waals surface area contributed by atoms with Gasteiger partial charge in [0.25, 0.3) is 0 Å². The molecule has 1 atom stereocenters. The van der Waals surface area contributed by atoms with E-state index in [1.807, 2.05) is 19.2 Å². The van der Waals surface area contributed by atoms with E-state index in [-0.39, 0.29) is 6.04 Å². The number of rotatable bonds is 6. The van der Waals surface area contributed by atoms with Crippen molar-refractivity contribution < 1.29 is 4.74 Å². The Kier molecular flexibility index (Phi) is 4.01. The van der Waals surface area contributed by atoms with Crippen molar-refractivity contribution in [3.63, 3.8) is 0 Å². The lowest BCUT2D eigenvalue weighted by Crippen LogP contribution is -2.22. The highest BCUT2D eigenvalue weighted by Gasteiger charge is 2.23. The molecule has 1 saturated carbocycles. The maximum atomic E-state index is 5.96. The molecule has 2 heterocycles. The Hall–Kier alpha value is -1.75. The summed E-state index contributed by atoms with van der Waals surface area (Å²) in [6.45, 7) is 2.90. The molecule has 1 aliphatic rings. The lowest BCUT2D eigenvalue weighted by molar-refractivity contribution is 0.290. The number of anilines is 2. The Morgan fingerprint density at radius 2 is 2.24 bits per heavy atom. The number of thiophene rings is 1. The van der Waals surface area contributed by atoms with E-state index < -0.39 is 0 Å². The molecule has 0 saturated heterocycles. The topological polar surface area (TPSA) is 51.4 Å². The first kappa shape index (κ1) is 14.2. The SMILES string of the molecule is CC(c1cccs1)N(C)c1ccc(N)c(OCC2CC2)n1. The summed E-state index contributed by atoms with van der Waals surface area (Å²) < 4.78 is 5.76. The van der Waals surface area contributed by atoms with Gasteiger partial charge >= 0.3 is 0 Å². The number of ether oxygens (including phenoxy) is 1. The van der Waals surface area contributed by atoms with Crippen LogP contribution in [-0.2, 0) is 0 Å². The summed E-state index contributed by atoms with van der Waals surface area (Å²) in [6.07, 6.45) is 2.52. The molecule has 0 radical (unpaired) electrons. The lowest BCUT2D eigenvalue weighted by atomic mass is 10.2.